The Bertz CT molecular complexity index is 1920. The average molecular weight is 616 g/mol. The standard InChI is InChI=1S/C36H37N7O3/c1-36(2,22-37)26-9-10-27-24(18-26)14-17-43(34(27)45)32-7-5-6-28(29(32)21-44)30-19-31(35(46)42(4)40-30)39-33-11-8-25(20-38-33)23-12-15-41(3)16-13-23/h5-11,18-21,23H,12-17H2,1-4H3,(H,38,39). The molecule has 2 aliphatic heterocycles. The van der Waals surface area contributed by atoms with Crippen molar-refractivity contribution in [1.82, 2.24) is 19.7 Å². The van der Waals surface area contributed by atoms with Gasteiger partial charge in [0.05, 0.1) is 22.9 Å². The van der Waals surface area contributed by atoms with Crippen molar-refractivity contribution in [2.45, 2.75) is 44.4 Å². The third-order valence-electron chi connectivity index (χ3n) is 9.26. The van der Waals surface area contributed by atoms with E-state index in [-0.39, 0.29) is 17.2 Å². The van der Waals surface area contributed by atoms with Gasteiger partial charge in [-0.25, -0.2) is 9.67 Å². The van der Waals surface area contributed by atoms with Crippen molar-refractivity contribution in [3.63, 3.8) is 0 Å². The van der Waals surface area contributed by atoms with Crippen LogP contribution in [0.4, 0.5) is 17.2 Å². The van der Waals surface area contributed by atoms with Gasteiger partial charge in [0.15, 0.2) is 6.29 Å². The second kappa shape index (κ2) is 12.3. The van der Waals surface area contributed by atoms with Crippen molar-refractivity contribution < 1.29 is 9.59 Å². The summed E-state index contributed by atoms with van der Waals surface area (Å²) < 4.78 is 1.23. The van der Waals surface area contributed by atoms with E-state index in [4.69, 9.17) is 0 Å². The Hall–Kier alpha value is -5.14. The van der Waals surface area contributed by atoms with E-state index >= 15 is 0 Å². The number of nitrogens with zero attached hydrogens (tertiary/aromatic N) is 6. The summed E-state index contributed by atoms with van der Waals surface area (Å²) in [7, 11) is 3.70. The Morgan fingerprint density at radius 3 is 2.48 bits per heavy atom. The SMILES string of the molecule is CN1CCC(c2ccc(Nc3cc(-c4cccc(N5CCc6cc(C(C)(C)C#N)ccc6C5=O)c4C=O)nn(C)c3=O)nc2)CC1. The van der Waals surface area contributed by atoms with E-state index < -0.39 is 5.41 Å². The van der Waals surface area contributed by atoms with Crippen LogP contribution in [0.5, 0.6) is 0 Å². The van der Waals surface area contributed by atoms with E-state index in [1.807, 2.05) is 38.2 Å². The van der Waals surface area contributed by atoms with Gasteiger partial charge in [-0.1, -0.05) is 30.3 Å². The molecule has 2 aliphatic rings. The van der Waals surface area contributed by atoms with Crippen LogP contribution in [0, 0.1) is 11.3 Å². The zero-order chi connectivity index (χ0) is 32.6. The first-order chi connectivity index (χ1) is 22.1. The van der Waals surface area contributed by atoms with E-state index in [1.165, 1.54) is 10.2 Å². The Morgan fingerprint density at radius 2 is 1.78 bits per heavy atom. The van der Waals surface area contributed by atoms with Crippen LogP contribution in [0.25, 0.3) is 11.3 Å². The molecule has 1 N–H and O–H groups in total. The van der Waals surface area contributed by atoms with Gasteiger partial charge in [-0.2, -0.15) is 10.4 Å². The molecular formula is C36H37N7O3. The third-order valence-corrected chi connectivity index (χ3v) is 9.26. The predicted octanol–water partition coefficient (Wildman–Crippen LogP) is 5.21. The fourth-order valence-corrected chi connectivity index (χ4v) is 6.34. The number of fused-ring (bicyclic) bond motifs is 1. The van der Waals surface area contributed by atoms with Crippen LogP contribution in [-0.4, -0.2) is 58.5 Å². The number of rotatable bonds is 7. The highest BCUT2D eigenvalue weighted by Crippen LogP contribution is 2.34. The number of piperidine rings is 1. The van der Waals surface area contributed by atoms with Crippen LogP contribution in [-0.2, 0) is 18.9 Å². The molecule has 0 spiro atoms. The molecule has 1 amide bonds. The van der Waals surface area contributed by atoms with Crippen molar-refractivity contribution in [2.24, 2.45) is 7.05 Å². The lowest BCUT2D eigenvalue weighted by Crippen LogP contribution is -2.38. The summed E-state index contributed by atoms with van der Waals surface area (Å²) in [4.78, 5) is 48.0. The maximum atomic E-state index is 13.7. The van der Waals surface area contributed by atoms with Gasteiger partial charge in [-0.15, -0.1) is 0 Å². The largest absolute Gasteiger partial charge is 0.336 e. The van der Waals surface area contributed by atoms with E-state index in [1.54, 1.807) is 42.3 Å². The molecule has 2 aromatic heterocycles. The zero-order valence-corrected chi connectivity index (χ0v) is 26.6. The van der Waals surface area contributed by atoms with Gasteiger partial charge in [-0.3, -0.25) is 14.4 Å². The van der Waals surface area contributed by atoms with Crippen LogP contribution >= 0.6 is 0 Å². The summed E-state index contributed by atoms with van der Waals surface area (Å²) in [6.07, 6.45) is 5.37. The first-order valence-corrected chi connectivity index (χ1v) is 15.5. The monoisotopic (exact) mass is 615 g/mol. The molecule has 0 bridgehead atoms. The molecule has 234 valence electrons. The lowest BCUT2D eigenvalue weighted by Gasteiger charge is -2.31. The van der Waals surface area contributed by atoms with Crippen LogP contribution < -0.4 is 15.8 Å². The number of amides is 1. The average Bonchev–Trinajstić information content (AvgIpc) is 3.07. The number of pyridine rings is 1. The predicted molar refractivity (Wildman–Crippen MR) is 178 cm³/mol. The number of aldehydes is 1. The van der Waals surface area contributed by atoms with E-state index in [0.29, 0.717) is 52.8 Å². The number of nitriles is 1. The van der Waals surface area contributed by atoms with Crippen LogP contribution in [0.1, 0.15) is 70.0 Å². The second-order valence-corrected chi connectivity index (χ2v) is 12.7. The Balaban J connectivity index is 1.29. The van der Waals surface area contributed by atoms with Gasteiger partial charge >= 0.3 is 0 Å². The maximum Gasteiger partial charge on any atom is 0.290 e. The minimum absolute atomic E-state index is 0.214. The number of nitrogens with one attached hydrogen (secondary N) is 1. The third kappa shape index (κ3) is 5.82. The lowest BCUT2D eigenvalue weighted by atomic mass is 9.83. The van der Waals surface area contributed by atoms with Gasteiger partial charge in [0.25, 0.3) is 11.5 Å². The molecule has 0 unspecified atom stereocenters. The Kier molecular flexibility index (Phi) is 8.28. The molecule has 6 rings (SSSR count). The normalized spacial score (nSPS) is 15.7. The number of anilines is 3. The van der Waals surface area contributed by atoms with Crippen LogP contribution in [0.2, 0.25) is 0 Å². The number of benzene rings is 2. The smallest absolute Gasteiger partial charge is 0.290 e. The van der Waals surface area contributed by atoms with Crippen molar-refractivity contribution in [2.75, 3.05) is 36.9 Å². The van der Waals surface area contributed by atoms with Gasteiger partial charge in [-0.05, 0) is 100 Å². The van der Waals surface area contributed by atoms with Crippen molar-refractivity contribution in [3.8, 4) is 17.3 Å². The zero-order valence-electron chi connectivity index (χ0n) is 26.6. The summed E-state index contributed by atoms with van der Waals surface area (Å²) in [6, 6.07) is 18.7. The summed E-state index contributed by atoms with van der Waals surface area (Å²) in [5.74, 6) is 0.795. The van der Waals surface area contributed by atoms with Gasteiger partial charge in [0.2, 0.25) is 0 Å². The molecule has 1 saturated heterocycles. The number of carbonyl (C=O) groups is 2. The molecule has 2 aromatic carbocycles. The first-order valence-electron chi connectivity index (χ1n) is 15.5. The van der Waals surface area contributed by atoms with E-state index in [9.17, 15) is 19.6 Å². The molecule has 1 fully saturated rings. The summed E-state index contributed by atoms with van der Waals surface area (Å²) >= 11 is 0. The summed E-state index contributed by atoms with van der Waals surface area (Å²) in [6.45, 7) is 6.20. The lowest BCUT2D eigenvalue weighted by molar-refractivity contribution is 0.0980. The number of hydrogen-bond acceptors (Lipinski definition) is 8. The molecule has 0 saturated carbocycles. The highest BCUT2D eigenvalue weighted by Gasteiger charge is 2.30. The number of aryl methyl sites for hydroxylation is 1. The summed E-state index contributed by atoms with van der Waals surface area (Å²) in [5, 5.41) is 17.2. The number of carbonyl (C=O) groups excluding carboxylic acids is 2. The fraction of sp³-hybridized carbons (Fsp3) is 0.333. The van der Waals surface area contributed by atoms with Gasteiger partial charge in [0, 0.05) is 36.5 Å². The number of likely N-dealkylation sites (tertiary alicyclic amines) is 1. The molecule has 10 heteroatoms. The minimum Gasteiger partial charge on any atom is -0.336 e. The number of hydrogen-bond donors (Lipinski definition) is 1. The molecule has 46 heavy (non-hydrogen) atoms. The Labute approximate surface area is 268 Å². The van der Waals surface area contributed by atoms with Crippen molar-refractivity contribution in [1.29, 1.82) is 5.26 Å². The maximum absolute atomic E-state index is 13.7. The number of aromatic nitrogens is 3. The first kappa shape index (κ1) is 30.9. The van der Waals surface area contributed by atoms with Crippen LogP contribution in [0.15, 0.2) is 65.6 Å². The van der Waals surface area contributed by atoms with Gasteiger partial charge in [0.1, 0.15) is 11.5 Å². The van der Waals surface area contributed by atoms with Crippen molar-refractivity contribution >= 4 is 29.4 Å². The fourth-order valence-electron chi connectivity index (χ4n) is 6.34. The molecule has 4 heterocycles. The van der Waals surface area contributed by atoms with E-state index in [2.05, 4.69) is 39.5 Å². The topological polar surface area (TPSA) is 124 Å². The van der Waals surface area contributed by atoms with Crippen molar-refractivity contribution in [3.05, 3.63) is 99.0 Å². The highest BCUT2D eigenvalue weighted by molar-refractivity contribution is 6.11. The Morgan fingerprint density at radius 1 is 1.00 bits per heavy atom. The van der Waals surface area contributed by atoms with Crippen LogP contribution in [0.3, 0.4) is 0 Å². The van der Waals surface area contributed by atoms with Gasteiger partial charge < -0.3 is 15.1 Å². The minimum atomic E-state index is -0.670. The molecular weight excluding hydrogens is 578 g/mol. The molecule has 0 aliphatic carbocycles. The summed E-state index contributed by atoms with van der Waals surface area (Å²) in [5.41, 5.74) is 4.43. The molecule has 0 radical (unpaired) electrons. The second-order valence-electron chi connectivity index (χ2n) is 12.7. The highest BCUT2D eigenvalue weighted by atomic mass is 16.2. The van der Waals surface area contributed by atoms with E-state index in [0.717, 1.165) is 43.3 Å². The molecule has 4 aromatic rings. The quantitative estimate of drug-likeness (QED) is 0.281. The molecule has 10 nitrogen and oxygen atoms in total. The molecule has 0 atom stereocenters.